The molecule has 0 amide bonds. The third-order valence-corrected chi connectivity index (χ3v) is 6.13. The lowest BCUT2D eigenvalue weighted by molar-refractivity contribution is -0.169. The third kappa shape index (κ3) is 4.27. The number of epoxide rings is 1. The van der Waals surface area contributed by atoms with Crippen molar-refractivity contribution in [2.45, 2.75) is 49.1 Å². The fourth-order valence-electron chi connectivity index (χ4n) is 3.21. The second-order valence-electron chi connectivity index (χ2n) is 6.96. The fraction of sp³-hybridized carbons (Fsp3) is 0.400. The van der Waals surface area contributed by atoms with Crippen LogP contribution in [0.25, 0.3) is 0 Å². The fourth-order valence-corrected chi connectivity index (χ4v) is 4.28. The first-order valence-corrected chi connectivity index (χ1v) is 10.5. The van der Waals surface area contributed by atoms with E-state index in [0.717, 1.165) is 11.1 Å². The molecular weight excluding hydrogens is 384 g/mol. The normalized spacial score (nSPS) is 27.4. The van der Waals surface area contributed by atoms with Crippen molar-refractivity contribution >= 4 is 10.1 Å². The largest absolute Gasteiger partial charge is 0.374 e. The molecule has 2 saturated heterocycles. The van der Waals surface area contributed by atoms with Crippen LogP contribution in [0.4, 0.5) is 0 Å². The Morgan fingerprint density at radius 1 is 1.04 bits per heavy atom. The summed E-state index contributed by atoms with van der Waals surface area (Å²) in [6.07, 6.45) is -3.59. The number of benzene rings is 2. The topological polar surface area (TPSA) is 94.6 Å². The average Bonchev–Trinajstić information content (AvgIpc) is 3.41. The highest BCUT2D eigenvalue weighted by Crippen LogP contribution is 2.40. The van der Waals surface area contributed by atoms with Crippen LogP contribution >= 0.6 is 0 Å². The lowest BCUT2D eigenvalue weighted by Crippen LogP contribution is -2.39. The van der Waals surface area contributed by atoms with Crippen LogP contribution < -0.4 is 0 Å². The summed E-state index contributed by atoms with van der Waals surface area (Å²) < 4.78 is 47.4. The first-order chi connectivity index (χ1) is 13.4. The molecule has 8 heteroatoms. The highest BCUT2D eigenvalue weighted by atomic mass is 32.2. The molecule has 4 rings (SSSR count). The van der Waals surface area contributed by atoms with Gasteiger partial charge in [0.1, 0.15) is 24.4 Å². The minimum absolute atomic E-state index is 0.0239. The zero-order valence-electron chi connectivity index (χ0n) is 15.3. The van der Waals surface area contributed by atoms with Gasteiger partial charge in [0.25, 0.3) is 10.1 Å². The highest BCUT2D eigenvalue weighted by molar-refractivity contribution is 7.86. The van der Waals surface area contributed by atoms with Gasteiger partial charge in [-0.05, 0) is 24.6 Å². The van der Waals surface area contributed by atoms with Gasteiger partial charge in [-0.3, -0.25) is 4.18 Å². The van der Waals surface area contributed by atoms with Crippen LogP contribution in [0.5, 0.6) is 0 Å². The molecule has 28 heavy (non-hydrogen) atoms. The van der Waals surface area contributed by atoms with Crippen LogP contribution in [-0.4, -0.2) is 50.8 Å². The van der Waals surface area contributed by atoms with Crippen molar-refractivity contribution in [3.63, 3.8) is 0 Å². The highest BCUT2D eigenvalue weighted by Gasteiger charge is 2.60. The van der Waals surface area contributed by atoms with Crippen molar-refractivity contribution in [3.05, 3.63) is 65.7 Å². The molecule has 0 aromatic heterocycles. The standard InChI is InChI=1S/C20H22O7S/c1-13-7-9-15(10-8-13)28(22,23)27-16(17-18-19(25-18)20(21)26-17)12-24-11-14-5-3-2-4-6-14/h2-10,16-21H,11-12H2,1H3/t16-,17-,18-,19-,20+/m1/s1. The van der Waals surface area contributed by atoms with E-state index in [-0.39, 0.29) is 11.5 Å². The Morgan fingerprint density at radius 3 is 2.36 bits per heavy atom. The Morgan fingerprint density at radius 2 is 1.75 bits per heavy atom. The summed E-state index contributed by atoms with van der Waals surface area (Å²) in [5.74, 6) is 0. The van der Waals surface area contributed by atoms with Crippen molar-refractivity contribution in [1.29, 1.82) is 0 Å². The number of rotatable bonds is 8. The van der Waals surface area contributed by atoms with Gasteiger partial charge in [0.2, 0.25) is 0 Å². The summed E-state index contributed by atoms with van der Waals surface area (Å²) in [6.45, 7) is 2.15. The van der Waals surface area contributed by atoms with Crippen LogP contribution in [-0.2, 0) is 35.1 Å². The maximum absolute atomic E-state index is 12.7. The molecule has 0 bridgehead atoms. The Hall–Kier alpha value is -1.81. The number of aliphatic hydroxyl groups excluding tert-OH is 1. The number of hydrogen-bond acceptors (Lipinski definition) is 7. The van der Waals surface area contributed by atoms with Crippen LogP contribution in [0.3, 0.4) is 0 Å². The smallest absolute Gasteiger partial charge is 0.297 e. The van der Waals surface area contributed by atoms with E-state index in [1.54, 1.807) is 12.1 Å². The molecule has 0 saturated carbocycles. The van der Waals surface area contributed by atoms with Gasteiger partial charge in [-0.2, -0.15) is 8.42 Å². The van der Waals surface area contributed by atoms with Gasteiger partial charge in [0.05, 0.1) is 18.1 Å². The van der Waals surface area contributed by atoms with Crippen molar-refractivity contribution in [2.75, 3.05) is 6.61 Å². The van der Waals surface area contributed by atoms with Crippen molar-refractivity contribution in [1.82, 2.24) is 0 Å². The zero-order valence-corrected chi connectivity index (χ0v) is 16.1. The van der Waals surface area contributed by atoms with Crippen molar-refractivity contribution < 1.29 is 31.9 Å². The molecule has 7 nitrogen and oxygen atoms in total. The van der Waals surface area contributed by atoms with E-state index < -0.39 is 40.8 Å². The molecule has 2 aliphatic heterocycles. The molecule has 2 aromatic rings. The van der Waals surface area contributed by atoms with E-state index in [1.165, 1.54) is 12.1 Å². The Balaban J connectivity index is 1.47. The first-order valence-electron chi connectivity index (χ1n) is 9.05. The summed E-state index contributed by atoms with van der Waals surface area (Å²) in [4.78, 5) is 0.0537. The van der Waals surface area contributed by atoms with E-state index >= 15 is 0 Å². The van der Waals surface area contributed by atoms with E-state index in [4.69, 9.17) is 18.4 Å². The molecule has 0 radical (unpaired) electrons. The maximum atomic E-state index is 12.7. The molecule has 2 aromatic carbocycles. The number of aliphatic hydroxyl groups is 1. The second kappa shape index (κ2) is 7.90. The average molecular weight is 406 g/mol. The van der Waals surface area contributed by atoms with Gasteiger partial charge < -0.3 is 19.3 Å². The predicted molar refractivity (Wildman–Crippen MR) is 98.9 cm³/mol. The van der Waals surface area contributed by atoms with Gasteiger partial charge in [-0.1, -0.05) is 48.0 Å². The Bertz CT molecular complexity index is 898. The van der Waals surface area contributed by atoms with E-state index in [9.17, 15) is 13.5 Å². The zero-order chi connectivity index (χ0) is 19.7. The van der Waals surface area contributed by atoms with Gasteiger partial charge in [0, 0.05) is 0 Å². The summed E-state index contributed by atoms with van der Waals surface area (Å²) >= 11 is 0. The molecular formula is C20H22O7S. The van der Waals surface area contributed by atoms with Gasteiger partial charge in [0.15, 0.2) is 6.29 Å². The van der Waals surface area contributed by atoms with Gasteiger partial charge >= 0.3 is 0 Å². The third-order valence-electron chi connectivity index (χ3n) is 4.78. The van der Waals surface area contributed by atoms with Crippen LogP contribution in [0.2, 0.25) is 0 Å². The number of fused-ring (bicyclic) bond motifs is 1. The quantitative estimate of drug-likeness (QED) is 0.527. The Labute approximate surface area is 163 Å². The van der Waals surface area contributed by atoms with Crippen molar-refractivity contribution in [3.8, 4) is 0 Å². The lowest BCUT2D eigenvalue weighted by atomic mass is 10.1. The van der Waals surface area contributed by atoms with Crippen molar-refractivity contribution in [2.24, 2.45) is 0 Å². The SMILES string of the molecule is Cc1ccc(S(=O)(=O)O[C@H](COCc2ccccc2)[C@H]2O[C@H](O)[C@@H]3O[C@@H]32)cc1. The minimum Gasteiger partial charge on any atom is -0.374 e. The molecule has 2 fully saturated rings. The minimum atomic E-state index is -4.03. The van der Waals surface area contributed by atoms with Crippen LogP contribution in [0.1, 0.15) is 11.1 Å². The number of aryl methyl sites for hydroxylation is 1. The summed E-state index contributed by atoms with van der Waals surface area (Å²) in [5, 5.41) is 9.81. The summed E-state index contributed by atoms with van der Waals surface area (Å²) in [5.41, 5.74) is 1.90. The first kappa shape index (κ1) is 19.5. The molecule has 0 aliphatic carbocycles. The molecule has 2 heterocycles. The Kier molecular flexibility index (Phi) is 5.50. The van der Waals surface area contributed by atoms with Crippen LogP contribution in [0, 0.1) is 6.92 Å². The molecule has 5 atom stereocenters. The van der Waals surface area contributed by atoms with Gasteiger partial charge in [-0.15, -0.1) is 0 Å². The molecule has 0 unspecified atom stereocenters. The van der Waals surface area contributed by atoms with E-state index in [2.05, 4.69) is 0 Å². The number of hydrogen-bond donors (Lipinski definition) is 1. The molecule has 150 valence electrons. The molecule has 2 aliphatic rings. The lowest BCUT2D eigenvalue weighted by Gasteiger charge is -2.24. The monoisotopic (exact) mass is 406 g/mol. The van der Waals surface area contributed by atoms with Crippen LogP contribution in [0.15, 0.2) is 59.5 Å². The second-order valence-corrected chi connectivity index (χ2v) is 8.53. The molecule has 1 N–H and O–H groups in total. The van der Waals surface area contributed by atoms with E-state index in [0.29, 0.717) is 6.61 Å². The van der Waals surface area contributed by atoms with Gasteiger partial charge in [-0.25, -0.2) is 0 Å². The molecule has 0 spiro atoms. The summed E-state index contributed by atoms with van der Waals surface area (Å²) in [7, 11) is -4.03. The maximum Gasteiger partial charge on any atom is 0.297 e. The number of ether oxygens (including phenoxy) is 3. The predicted octanol–water partition coefficient (Wildman–Crippen LogP) is 1.77. The van der Waals surface area contributed by atoms with E-state index in [1.807, 2.05) is 37.3 Å². The summed E-state index contributed by atoms with van der Waals surface area (Å²) in [6, 6.07) is 15.9.